The number of rotatable bonds is 5. The van der Waals surface area contributed by atoms with Gasteiger partial charge in [0.05, 0.1) is 11.4 Å². The van der Waals surface area contributed by atoms with Gasteiger partial charge in [0.15, 0.2) is 0 Å². The highest BCUT2D eigenvalue weighted by molar-refractivity contribution is 7.89. The van der Waals surface area contributed by atoms with Crippen LogP contribution in [0.2, 0.25) is 0 Å². The predicted molar refractivity (Wildman–Crippen MR) is 91.9 cm³/mol. The number of benzene rings is 2. The third kappa shape index (κ3) is 4.96. The molecule has 0 spiro atoms. The van der Waals surface area contributed by atoms with E-state index in [0.717, 1.165) is 35.0 Å². The minimum Gasteiger partial charge on any atom is -0.406 e. The number of primary sulfonamides is 1. The van der Waals surface area contributed by atoms with Crippen LogP contribution in [-0.2, 0) is 10.0 Å². The molecule has 1 heterocycles. The molecule has 2 aromatic carbocycles. The average Bonchev–Trinajstić information content (AvgIpc) is 3.07. The molecule has 0 aliphatic carbocycles. The van der Waals surface area contributed by atoms with Crippen LogP contribution in [0.3, 0.4) is 0 Å². The van der Waals surface area contributed by atoms with Crippen molar-refractivity contribution in [2.75, 3.05) is 0 Å². The number of sulfonamides is 1. The molecule has 1 aromatic heterocycles. The van der Waals surface area contributed by atoms with Gasteiger partial charge in [-0.3, -0.25) is 0 Å². The highest BCUT2D eigenvalue weighted by Crippen LogP contribution is 2.33. The third-order valence-electron chi connectivity index (χ3n) is 3.87. The van der Waals surface area contributed by atoms with E-state index in [0.29, 0.717) is 6.07 Å². The fourth-order valence-corrected chi connectivity index (χ4v) is 3.23. The normalized spacial score (nSPS) is 12.4. The number of alkyl halides is 5. The first-order chi connectivity index (χ1) is 14.3. The van der Waals surface area contributed by atoms with Gasteiger partial charge in [0.25, 0.3) is 6.43 Å². The lowest BCUT2D eigenvalue weighted by molar-refractivity contribution is -0.274. The van der Waals surface area contributed by atoms with Crippen molar-refractivity contribution in [3.05, 3.63) is 59.8 Å². The van der Waals surface area contributed by atoms with E-state index in [1.54, 1.807) is 0 Å². The molecule has 14 heteroatoms. The highest BCUT2D eigenvalue weighted by Gasteiger charge is 2.31. The molecule has 0 saturated carbocycles. The quantitative estimate of drug-likeness (QED) is 0.565. The first kappa shape index (κ1) is 22.6. The molecule has 0 saturated heterocycles. The van der Waals surface area contributed by atoms with Gasteiger partial charge >= 0.3 is 6.36 Å². The largest absolute Gasteiger partial charge is 0.573 e. The molecular weight excluding hydrogens is 459 g/mol. The summed E-state index contributed by atoms with van der Waals surface area (Å²) < 4.78 is 119. The molecule has 0 aliphatic rings. The molecule has 0 fully saturated rings. The number of halogens is 7. The highest BCUT2D eigenvalue weighted by atomic mass is 32.2. The van der Waals surface area contributed by atoms with Crippen LogP contribution in [0.15, 0.2) is 47.4 Å². The Morgan fingerprint density at radius 1 is 1.00 bits per heavy atom. The SMILES string of the molecule is NS(=O)(=O)c1cc(F)c(-c2cc(C(F)F)nn2-c2ccc(OC(F)(F)F)cc2)cc1F. The van der Waals surface area contributed by atoms with Gasteiger partial charge in [0.2, 0.25) is 10.0 Å². The van der Waals surface area contributed by atoms with Gasteiger partial charge in [-0.25, -0.2) is 35.8 Å². The van der Waals surface area contributed by atoms with Crippen molar-refractivity contribution in [1.29, 1.82) is 0 Å². The topological polar surface area (TPSA) is 87.2 Å². The van der Waals surface area contributed by atoms with E-state index in [2.05, 4.69) is 9.84 Å². The lowest BCUT2D eigenvalue weighted by atomic mass is 10.1. The first-order valence-corrected chi connectivity index (χ1v) is 9.57. The van der Waals surface area contributed by atoms with Gasteiger partial charge in [-0.05, 0) is 42.5 Å². The van der Waals surface area contributed by atoms with Crippen LogP contribution in [0.5, 0.6) is 5.75 Å². The molecule has 0 unspecified atom stereocenters. The number of aromatic nitrogens is 2. The van der Waals surface area contributed by atoms with Crippen molar-refractivity contribution >= 4 is 10.0 Å². The van der Waals surface area contributed by atoms with Crippen LogP contribution in [0.25, 0.3) is 16.9 Å². The van der Waals surface area contributed by atoms with Crippen molar-refractivity contribution in [3.63, 3.8) is 0 Å². The summed E-state index contributed by atoms with van der Waals surface area (Å²) in [4.78, 5) is -1.15. The standard InChI is InChI=1S/C17H10F7N3O3S/c18-11-6-15(31(25,28)29)12(19)5-10(11)14-7-13(16(20)21)26-27(14)8-1-3-9(4-2-8)30-17(22,23)24/h1-7,16H,(H2,25,28,29). The molecule has 2 N–H and O–H groups in total. The summed E-state index contributed by atoms with van der Waals surface area (Å²) in [6.07, 6.45) is -8.09. The van der Waals surface area contributed by atoms with E-state index in [9.17, 15) is 39.2 Å². The van der Waals surface area contributed by atoms with Gasteiger partial charge in [-0.2, -0.15) is 5.10 Å². The summed E-state index contributed by atoms with van der Waals surface area (Å²) in [6, 6.07) is 5.17. The molecule has 31 heavy (non-hydrogen) atoms. The van der Waals surface area contributed by atoms with Gasteiger partial charge in [0, 0.05) is 5.56 Å². The Labute approximate surface area is 169 Å². The average molecular weight is 469 g/mol. The number of nitrogens with two attached hydrogens (primary N) is 1. The van der Waals surface area contributed by atoms with E-state index < -0.39 is 62.0 Å². The van der Waals surface area contributed by atoms with Crippen molar-refractivity contribution in [2.24, 2.45) is 5.14 Å². The fraction of sp³-hybridized carbons (Fsp3) is 0.118. The second-order valence-electron chi connectivity index (χ2n) is 6.02. The van der Waals surface area contributed by atoms with Crippen LogP contribution in [-0.4, -0.2) is 24.6 Å². The second kappa shape index (κ2) is 7.85. The molecule has 0 radical (unpaired) electrons. The minimum atomic E-state index is -4.97. The van der Waals surface area contributed by atoms with Gasteiger partial charge in [0.1, 0.15) is 28.0 Å². The molecule has 3 aromatic rings. The monoisotopic (exact) mass is 469 g/mol. The van der Waals surface area contributed by atoms with Crippen LogP contribution >= 0.6 is 0 Å². The molecule has 3 rings (SSSR count). The lowest BCUT2D eigenvalue weighted by Crippen LogP contribution is -2.17. The number of hydrogen-bond acceptors (Lipinski definition) is 4. The molecule has 0 bridgehead atoms. The van der Waals surface area contributed by atoms with E-state index >= 15 is 0 Å². The van der Waals surface area contributed by atoms with Gasteiger partial charge in [-0.15, -0.1) is 13.2 Å². The summed E-state index contributed by atoms with van der Waals surface area (Å²) >= 11 is 0. The second-order valence-corrected chi connectivity index (χ2v) is 7.55. The Morgan fingerprint density at radius 2 is 1.61 bits per heavy atom. The van der Waals surface area contributed by atoms with E-state index in [4.69, 9.17) is 5.14 Å². The smallest absolute Gasteiger partial charge is 0.406 e. The Hall–Kier alpha value is -3.13. The Morgan fingerprint density at radius 3 is 2.13 bits per heavy atom. The zero-order valence-corrected chi connectivity index (χ0v) is 15.7. The number of nitrogens with zero attached hydrogens (tertiary/aromatic N) is 2. The molecule has 6 nitrogen and oxygen atoms in total. The molecule has 166 valence electrons. The maximum Gasteiger partial charge on any atom is 0.573 e. The summed E-state index contributed by atoms with van der Waals surface area (Å²) in [5.41, 5.74) is -2.00. The summed E-state index contributed by atoms with van der Waals surface area (Å²) in [6.45, 7) is 0. The Kier molecular flexibility index (Phi) is 5.71. The van der Waals surface area contributed by atoms with Crippen LogP contribution in [0.4, 0.5) is 30.7 Å². The summed E-state index contributed by atoms with van der Waals surface area (Å²) in [5, 5.41) is 8.37. The number of ether oxygens (including phenoxy) is 1. The third-order valence-corrected chi connectivity index (χ3v) is 4.80. The van der Waals surface area contributed by atoms with E-state index in [-0.39, 0.29) is 11.8 Å². The zero-order valence-electron chi connectivity index (χ0n) is 14.9. The van der Waals surface area contributed by atoms with Crippen molar-refractivity contribution in [1.82, 2.24) is 9.78 Å². The minimum absolute atomic E-state index is 0.0910. The van der Waals surface area contributed by atoms with Crippen LogP contribution in [0, 0.1) is 11.6 Å². The van der Waals surface area contributed by atoms with Gasteiger partial charge in [-0.1, -0.05) is 0 Å². The first-order valence-electron chi connectivity index (χ1n) is 8.03. The molecule has 0 amide bonds. The van der Waals surface area contributed by atoms with E-state index in [1.807, 2.05) is 0 Å². The number of hydrogen-bond donors (Lipinski definition) is 1. The summed E-state index contributed by atoms with van der Waals surface area (Å²) in [7, 11) is -4.61. The van der Waals surface area contributed by atoms with Crippen molar-refractivity contribution < 1.29 is 43.9 Å². The predicted octanol–water partition coefficient (Wildman–Crippen LogP) is 4.30. The van der Waals surface area contributed by atoms with Crippen LogP contribution in [0.1, 0.15) is 12.1 Å². The zero-order chi connectivity index (χ0) is 23.1. The fourth-order valence-electron chi connectivity index (χ4n) is 2.63. The van der Waals surface area contributed by atoms with Crippen molar-refractivity contribution in [3.8, 4) is 22.7 Å². The Bertz CT molecular complexity index is 1220. The maximum absolute atomic E-state index is 14.5. The van der Waals surface area contributed by atoms with E-state index in [1.165, 1.54) is 0 Å². The molecular formula is C17H10F7N3O3S. The molecule has 0 aliphatic heterocycles. The van der Waals surface area contributed by atoms with Crippen molar-refractivity contribution in [2.45, 2.75) is 17.7 Å². The lowest BCUT2D eigenvalue weighted by Gasteiger charge is -2.12. The Balaban J connectivity index is 2.14. The van der Waals surface area contributed by atoms with Crippen LogP contribution < -0.4 is 9.88 Å². The van der Waals surface area contributed by atoms with Gasteiger partial charge < -0.3 is 4.74 Å². The maximum atomic E-state index is 14.5. The summed E-state index contributed by atoms with van der Waals surface area (Å²) in [5.74, 6) is -3.38. The molecule has 0 atom stereocenters.